The lowest BCUT2D eigenvalue weighted by molar-refractivity contribution is -0.138. The van der Waals surface area contributed by atoms with Crippen molar-refractivity contribution in [3.63, 3.8) is 0 Å². The molecule has 0 bridgehead atoms. The number of phosphoric acid groups is 1. The van der Waals surface area contributed by atoms with Gasteiger partial charge in [-0.05, 0) is 24.3 Å². The Morgan fingerprint density at radius 2 is 1.68 bits per heavy atom. The van der Waals surface area contributed by atoms with Gasteiger partial charge in [0.15, 0.2) is 0 Å². The molecular weight excluding hydrogens is 495 g/mol. The molecule has 0 saturated heterocycles. The number of rotatable bonds is 6. The average molecular weight is 511 g/mol. The smallest absolute Gasteiger partial charge is 0.303 e. The second-order valence-corrected chi connectivity index (χ2v) is 8.24. The molecule has 0 aliphatic carbocycles. The van der Waals surface area contributed by atoms with E-state index in [2.05, 4.69) is 9.63 Å². The van der Waals surface area contributed by atoms with Gasteiger partial charge in [0.25, 0.3) is 5.91 Å². The number of hydrogen-bond donors (Lipinski definition) is 2. The third-order valence-corrected chi connectivity index (χ3v) is 5.16. The SMILES string of the molecule is O=C(c1c(F)cccc1F)N(COP(=O)(O)O)C1=NN(Cc2c(F)cccc2C(F)(F)F)CC1. The van der Waals surface area contributed by atoms with Crippen LogP contribution in [0.1, 0.15) is 27.9 Å². The maximum absolute atomic E-state index is 14.2. The number of alkyl halides is 3. The van der Waals surface area contributed by atoms with Crippen molar-refractivity contribution in [3.05, 3.63) is 70.5 Å². The molecule has 15 heteroatoms. The summed E-state index contributed by atoms with van der Waals surface area (Å²) < 4.78 is 97.5. The molecule has 0 saturated carbocycles. The van der Waals surface area contributed by atoms with Crippen LogP contribution < -0.4 is 0 Å². The van der Waals surface area contributed by atoms with Gasteiger partial charge in [-0.3, -0.25) is 19.2 Å². The summed E-state index contributed by atoms with van der Waals surface area (Å²) in [7, 11) is -5.14. The van der Waals surface area contributed by atoms with Crippen LogP contribution in [-0.2, 0) is 21.8 Å². The highest BCUT2D eigenvalue weighted by Crippen LogP contribution is 2.37. The van der Waals surface area contributed by atoms with E-state index >= 15 is 0 Å². The molecule has 0 fully saturated rings. The van der Waals surface area contributed by atoms with E-state index in [1.807, 2.05) is 0 Å². The van der Waals surface area contributed by atoms with Crippen LogP contribution in [0.3, 0.4) is 0 Å². The van der Waals surface area contributed by atoms with E-state index in [0.29, 0.717) is 11.0 Å². The number of phosphoric ester groups is 1. The second kappa shape index (κ2) is 9.74. The molecule has 34 heavy (non-hydrogen) atoms. The first kappa shape index (κ1) is 25.7. The van der Waals surface area contributed by atoms with Crippen molar-refractivity contribution >= 4 is 19.6 Å². The highest BCUT2D eigenvalue weighted by Gasteiger charge is 2.36. The van der Waals surface area contributed by atoms with E-state index in [0.717, 1.165) is 35.3 Å². The third kappa shape index (κ3) is 5.95. The van der Waals surface area contributed by atoms with Crippen LogP contribution in [0.25, 0.3) is 0 Å². The highest BCUT2D eigenvalue weighted by atomic mass is 31.2. The topological polar surface area (TPSA) is 103 Å². The predicted molar refractivity (Wildman–Crippen MR) is 104 cm³/mol. The molecule has 2 aromatic carbocycles. The van der Waals surface area contributed by atoms with Crippen molar-refractivity contribution in [2.24, 2.45) is 5.10 Å². The molecule has 1 heterocycles. The van der Waals surface area contributed by atoms with Crippen molar-refractivity contribution in [1.82, 2.24) is 9.91 Å². The van der Waals surface area contributed by atoms with Crippen LogP contribution in [0, 0.1) is 17.5 Å². The van der Waals surface area contributed by atoms with Gasteiger partial charge in [0.2, 0.25) is 0 Å². The Morgan fingerprint density at radius 3 is 2.26 bits per heavy atom. The predicted octanol–water partition coefficient (Wildman–Crippen LogP) is 3.85. The Labute approximate surface area is 188 Å². The van der Waals surface area contributed by atoms with E-state index in [1.54, 1.807) is 0 Å². The Bertz CT molecular complexity index is 1150. The van der Waals surface area contributed by atoms with Crippen molar-refractivity contribution in [3.8, 4) is 0 Å². The summed E-state index contributed by atoms with van der Waals surface area (Å²) >= 11 is 0. The number of benzene rings is 2. The number of amidine groups is 1. The van der Waals surface area contributed by atoms with E-state index < -0.39 is 67.3 Å². The van der Waals surface area contributed by atoms with E-state index in [4.69, 9.17) is 9.79 Å². The quantitative estimate of drug-likeness (QED) is 0.347. The number of halogens is 6. The summed E-state index contributed by atoms with van der Waals surface area (Å²) in [5.41, 5.74) is -3.02. The Hall–Kier alpha value is -2.93. The fourth-order valence-corrected chi connectivity index (χ4v) is 3.45. The first-order chi connectivity index (χ1) is 15.8. The lowest BCUT2D eigenvalue weighted by atomic mass is 10.1. The molecule has 2 N–H and O–H groups in total. The summed E-state index contributed by atoms with van der Waals surface area (Å²) in [5, 5.41) is 4.87. The Kier molecular flexibility index (Phi) is 7.36. The van der Waals surface area contributed by atoms with Crippen molar-refractivity contribution in [2.75, 3.05) is 13.3 Å². The molecular formula is C19H16F6N3O5P. The van der Waals surface area contributed by atoms with Gasteiger partial charge in [-0.15, -0.1) is 0 Å². The average Bonchev–Trinajstić information content (AvgIpc) is 3.16. The molecule has 2 aromatic rings. The number of carbonyl (C=O) groups excluding carboxylic acids is 1. The number of nitrogens with zero attached hydrogens (tertiary/aromatic N) is 3. The lowest BCUT2D eigenvalue weighted by Gasteiger charge is -2.22. The van der Waals surface area contributed by atoms with Crippen molar-refractivity contribution < 1.29 is 50.0 Å². The number of hydrazone groups is 1. The summed E-state index contributed by atoms with van der Waals surface area (Å²) in [6.45, 7) is -1.97. The minimum Gasteiger partial charge on any atom is -0.303 e. The van der Waals surface area contributed by atoms with Gasteiger partial charge in [0.05, 0.1) is 12.1 Å². The van der Waals surface area contributed by atoms with Crippen molar-refractivity contribution in [1.29, 1.82) is 0 Å². The molecule has 1 aliphatic rings. The molecule has 0 radical (unpaired) electrons. The maximum Gasteiger partial charge on any atom is 0.471 e. The zero-order valence-corrected chi connectivity index (χ0v) is 17.9. The summed E-state index contributed by atoms with van der Waals surface area (Å²) in [4.78, 5) is 31.2. The highest BCUT2D eigenvalue weighted by molar-refractivity contribution is 7.46. The van der Waals surface area contributed by atoms with Gasteiger partial charge in [-0.1, -0.05) is 12.1 Å². The molecule has 0 aromatic heterocycles. The van der Waals surface area contributed by atoms with E-state index in [1.165, 1.54) is 0 Å². The third-order valence-electron chi connectivity index (χ3n) is 4.70. The number of amides is 1. The zero-order chi connectivity index (χ0) is 25.3. The van der Waals surface area contributed by atoms with Crippen LogP contribution in [0.15, 0.2) is 41.5 Å². The van der Waals surface area contributed by atoms with Gasteiger partial charge in [0, 0.05) is 18.5 Å². The summed E-state index contributed by atoms with van der Waals surface area (Å²) in [5.74, 6) is -5.41. The van der Waals surface area contributed by atoms with Crippen LogP contribution in [0.5, 0.6) is 0 Å². The molecule has 0 spiro atoms. The fourth-order valence-electron chi connectivity index (χ4n) is 3.18. The molecule has 0 unspecified atom stereocenters. The lowest BCUT2D eigenvalue weighted by Crippen LogP contribution is -2.38. The molecule has 3 rings (SSSR count). The van der Waals surface area contributed by atoms with Crippen molar-refractivity contribution in [2.45, 2.75) is 19.1 Å². The van der Waals surface area contributed by atoms with Crippen LogP contribution in [0.4, 0.5) is 26.3 Å². The number of hydrogen-bond acceptors (Lipinski definition) is 5. The van der Waals surface area contributed by atoms with Gasteiger partial charge in [-0.25, -0.2) is 17.7 Å². The minimum atomic E-state index is -5.14. The standard InChI is InChI=1S/C19H16F6N3O5P/c20-13-4-1-3-12(19(23,24)25)11(13)9-27-8-7-16(26-27)28(10-33-34(30,31)32)18(29)17-14(21)5-2-6-15(17)22/h1-6H,7-10H2,(H2,30,31,32). The van der Waals surface area contributed by atoms with Crippen LogP contribution in [0.2, 0.25) is 0 Å². The number of carbonyl (C=O) groups is 1. The van der Waals surface area contributed by atoms with Gasteiger partial charge in [0.1, 0.15) is 35.6 Å². The summed E-state index contributed by atoms with van der Waals surface area (Å²) in [6, 6.07) is 4.94. The monoisotopic (exact) mass is 511 g/mol. The molecule has 1 aliphatic heterocycles. The van der Waals surface area contributed by atoms with Gasteiger partial charge < -0.3 is 9.79 Å². The van der Waals surface area contributed by atoms with Gasteiger partial charge in [-0.2, -0.15) is 18.3 Å². The summed E-state index contributed by atoms with van der Waals surface area (Å²) in [6.07, 6.45) is -5.05. The Morgan fingerprint density at radius 1 is 1.09 bits per heavy atom. The molecule has 0 atom stereocenters. The molecule has 8 nitrogen and oxygen atoms in total. The normalized spacial score (nSPS) is 14.4. The van der Waals surface area contributed by atoms with E-state index in [-0.39, 0.29) is 18.8 Å². The first-order valence-corrected chi connectivity index (χ1v) is 10.9. The Balaban J connectivity index is 1.93. The zero-order valence-electron chi connectivity index (χ0n) is 17.0. The molecule has 1 amide bonds. The van der Waals surface area contributed by atoms with Crippen LogP contribution in [-0.4, -0.2) is 44.7 Å². The maximum atomic E-state index is 14.2. The van der Waals surface area contributed by atoms with Crippen LogP contribution >= 0.6 is 7.82 Å². The van der Waals surface area contributed by atoms with E-state index in [9.17, 15) is 35.7 Å². The first-order valence-electron chi connectivity index (χ1n) is 9.41. The van der Waals surface area contributed by atoms with Gasteiger partial charge >= 0.3 is 14.0 Å². The largest absolute Gasteiger partial charge is 0.471 e. The minimum absolute atomic E-state index is 0.138. The second-order valence-electron chi connectivity index (χ2n) is 7.00. The fraction of sp³-hybridized carbons (Fsp3) is 0.263. The molecule has 184 valence electrons.